The lowest BCUT2D eigenvalue weighted by Gasteiger charge is -2.25. The highest BCUT2D eigenvalue weighted by molar-refractivity contribution is 5.39. The highest BCUT2D eigenvalue weighted by atomic mass is 19.4. The topological polar surface area (TPSA) is 18.5 Å². The van der Waals surface area contributed by atoms with E-state index < -0.39 is 11.7 Å². The first-order valence-corrected chi connectivity index (χ1v) is 7.37. The maximum absolute atomic E-state index is 13.1. The Hall–Kier alpha value is -1.23. The predicted octanol–water partition coefficient (Wildman–Crippen LogP) is 4.78. The summed E-state index contributed by atoms with van der Waals surface area (Å²) in [5.41, 5.74) is -0.245. The summed E-state index contributed by atoms with van der Waals surface area (Å²) >= 11 is 0. The van der Waals surface area contributed by atoms with E-state index in [2.05, 4.69) is 0 Å². The molecule has 1 unspecified atom stereocenters. The van der Waals surface area contributed by atoms with E-state index in [1.807, 2.05) is 13.8 Å². The van der Waals surface area contributed by atoms with Gasteiger partial charge in [-0.2, -0.15) is 13.2 Å². The molecule has 21 heavy (non-hydrogen) atoms. The third-order valence-electron chi connectivity index (χ3n) is 3.94. The Balaban J connectivity index is 2.23. The van der Waals surface area contributed by atoms with Crippen LogP contribution in [0.15, 0.2) is 18.2 Å². The first-order valence-electron chi connectivity index (χ1n) is 7.37. The summed E-state index contributed by atoms with van der Waals surface area (Å²) in [6.45, 7) is 4.98. The van der Waals surface area contributed by atoms with Crippen LogP contribution in [-0.2, 0) is 10.9 Å². The largest absolute Gasteiger partial charge is 0.490 e. The molecule has 5 heteroatoms. The lowest BCUT2D eigenvalue weighted by atomic mass is 9.93. The molecular formula is C16H21F3O2. The molecule has 0 spiro atoms. The van der Waals surface area contributed by atoms with Crippen LogP contribution in [0.5, 0.6) is 5.75 Å². The van der Waals surface area contributed by atoms with E-state index in [1.54, 1.807) is 6.07 Å². The van der Waals surface area contributed by atoms with Gasteiger partial charge >= 0.3 is 6.18 Å². The molecule has 0 amide bonds. The SMILES string of the molecule is CCC(C)c1cc(OC2CCOCC2)ccc1C(F)(F)F. The molecule has 1 aliphatic heterocycles. The average Bonchev–Trinajstić information content (AvgIpc) is 2.46. The Morgan fingerprint density at radius 3 is 2.52 bits per heavy atom. The van der Waals surface area contributed by atoms with Crippen LogP contribution in [0.25, 0.3) is 0 Å². The van der Waals surface area contributed by atoms with Crippen LogP contribution in [0.4, 0.5) is 13.2 Å². The lowest BCUT2D eigenvalue weighted by Crippen LogP contribution is -2.26. The molecule has 1 fully saturated rings. The van der Waals surface area contributed by atoms with Gasteiger partial charge in [-0.05, 0) is 36.1 Å². The first-order chi connectivity index (χ1) is 9.91. The van der Waals surface area contributed by atoms with Gasteiger partial charge in [0, 0.05) is 12.8 Å². The van der Waals surface area contributed by atoms with Crippen molar-refractivity contribution in [1.29, 1.82) is 0 Å². The van der Waals surface area contributed by atoms with Gasteiger partial charge in [-0.15, -0.1) is 0 Å². The number of hydrogen-bond acceptors (Lipinski definition) is 2. The van der Waals surface area contributed by atoms with Gasteiger partial charge in [-0.1, -0.05) is 13.8 Å². The Bertz CT molecular complexity index is 465. The van der Waals surface area contributed by atoms with Gasteiger partial charge in [-0.25, -0.2) is 0 Å². The maximum Gasteiger partial charge on any atom is 0.416 e. The van der Waals surface area contributed by atoms with E-state index in [-0.39, 0.29) is 12.0 Å². The van der Waals surface area contributed by atoms with Crippen molar-refractivity contribution in [3.8, 4) is 5.75 Å². The van der Waals surface area contributed by atoms with Crippen molar-refractivity contribution in [1.82, 2.24) is 0 Å². The molecule has 1 aromatic rings. The average molecular weight is 302 g/mol. The van der Waals surface area contributed by atoms with Crippen LogP contribution in [0.2, 0.25) is 0 Å². The van der Waals surface area contributed by atoms with E-state index >= 15 is 0 Å². The summed E-state index contributed by atoms with van der Waals surface area (Å²) in [5.74, 6) is 0.366. The standard InChI is InChI=1S/C16H21F3O2/c1-3-11(2)14-10-13(4-5-15(14)16(17,18)19)21-12-6-8-20-9-7-12/h4-5,10-12H,3,6-9H2,1-2H3. The third kappa shape index (κ3) is 4.13. The summed E-state index contributed by atoms with van der Waals surface area (Å²) in [6, 6.07) is 4.10. The molecule has 0 bridgehead atoms. The Morgan fingerprint density at radius 1 is 1.29 bits per heavy atom. The van der Waals surface area contributed by atoms with Crippen molar-refractivity contribution < 1.29 is 22.6 Å². The van der Waals surface area contributed by atoms with Gasteiger partial charge in [0.2, 0.25) is 0 Å². The summed E-state index contributed by atoms with van der Waals surface area (Å²) in [7, 11) is 0. The van der Waals surface area contributed by atoms with Crippen LogP contribution >= 0.6 is 0 Å². The molecule has 0 aromatic heterocycles. The van der Waals surface area contributed by atoms with Crippen LogP contribution in [0.3, 0.4) is 0 Å². The Kier molecular flexibility index (Phi) is 5.14. The summed E-state index contributed by atoms with van der Waals surface area (Å²) < 4.78 is 50.3. The second-order valence-electron chi connectivity index (χ2n) is 5.49. The summed E-state index contributed by atoms with van der Waals surface area (Å²) in [6.07, 6.45) is -2.08. The van der Waals surface area contributed by atoms with Crippen molar-refractivity contribution in [2.24, 2.45) is 0 Å². The number of hydrogen-bond donors (Lipinski definition) is 0. The fourth-order valence-corrected chi connectivity index (χ4v) is 2.49. The van der Waals surface area contributed by atoms with E-state index in [1.165, 1.54) is 6.07 Å². The second kappa shape index (κ2) is 6.69. The van der Waals surface area contributed by atoms with Crippen molar-refractivity contribution in [3.63, 3.8) is 0 Å². The van der Waals surface area contributed by atoms with E-state index in [9.17, 15) is 13.2 Å². The highest BCUT2D eigenvalue weighted by Gasteiger charge is 2.34. The normalized spacial score (nSPS) is 18.5. The summed E-state index contributed by atoms with van der Waals surface area (Å²) in [4.78, 5) is 0. The zero-order valence-corrected chi connectivity index (χ0v) is 12.4. The molecular weight excluding hydrogens is 281 g/mol. The lowest BCUT2D eigenvalue weighted by molar-refractivity contribution is -0.138. The number of ether oxygens (including phenoxy) is 2. The zero-order chi connectivity index (χ0) is 15.5. The van der Waals surface area contributed by atoms with Crippen molar-refractivity contribution in [3.05, 3.63) is 29.3 Å². The highest BCUT2D eigenvalue weighted by Crippen LogP contribution is 2.38. The van der Waals surface area contributed by atoms with Gasteiger partial charge in [0.05, 0.1) is 18.8 Å². The first kappa shape index (κ1) is 16.1. The third-order valence-corrected chi connectivity index (χ3v) is 3.94. The van der Waals surface area contributed by atoms with Gasteiger partial charge in [0.1, 0.15) is 11.9 Å². The molecule has 1 aromatic carbocycles. The van der Waals surface area contributed by atoms with Crippen LogP contribution in [0.1, 0.15) is 50.2 Å². The molecule has 1 heterocycles. The fraction of sp³-hybridized carbons (Fsp3) is 0.625. The molecule has 2 nitrogen and oxygen atoms in total. The minimum Gasteiger partial charge on any atom is -0.490 e. The predicted molar refractivity (Wildman–Crippen MR) is 74.6 cm³/mol. The van der Waals surface area contributed by atoms with Gasteiger partial charge in [0.15, 0.2) is 0 Å². The van der Waals surface area contributed by atoms with Gasteiger partial charge in [0.25, 0.3) is 0 Å². The Morgan fingerprint density at radius 2 is 1.95 bits per heavy atom. The van der Waals surface area contributed by atoms with E-state index in [4.69, 9.17) is 9.47 Å². The molecule has 118 valence electrons. The molecule has 0 radical (unpaired) electrons. The molecule has 0 saturated carbocycles. The monoisotopic (exact) mass is 302 g/mol. The quantitative estimate of drug-likeness (QED) is 0.797. The van der Waals surface area contributed by atoms with Gasteiger partial charge < -0.3 is 9.47 Å². The Labute approximate surface area is 123 Å². The molecule has 1 aliphatic rings. The second-order valence-corrected chi connectivity index (χ2v) is 5.49. The van der Waals surface area contributed by atoms with Crippen molar-refractivity contribution in [2.45, 2.75) is 51.3 Å². The number of halogens is 3. The van der Waals surface area contributed by atoms with Crippen molar-refractivity contribution >= 4 is 0 Å². The number of benzene rings is 1. The van der Waals surface area contributed by atoms with Crippen LogP contribution in [-0.4, -0.2) is 19.3 Å². The summed E-state index contributed by atoms with van der Waals surface area (Å²) in [5, 5.41) is 0. The number of alkyl halides is 3. The molecule has 0 aliphatic carbocycles. The van der Waals surface area contributed by atoms with Crippen LogP contribution in [0, 0.1) is 0 Å². The van der Waals surface area contributed by atoms with E-state index in [0.717, 1.165) is 18.9 Å². The fourth-order valence-electron chi connectivity index (χ4n) is 2.49. The molecule has 0 N–H and O–H groups in total. The molecule has 1 saturated heterocycles. The minimum absolute atomic E-state index is 0.0280. The van der Waals surface area contributed by atoms with Crippen molar-refractivity contribution in [2.75, 3.05) is 13.2 Å². The molecule has 1 atom stereocenters. The molecule has 2 rings (SSSR count). The smallest absolute Gasteiger partial charge is 0.416 e. The van der Waals surface area contributed by atoms with Gasteiger partial charge in [-0.3, -0.25) is 0 Å². The minimum atomic E-state index is -4.32. The van der Waals surface area contributed by atoms with E-state index in [0.29, 0.717) is 30.9 Å². The zero-order valence-electron chi connectivity index (χ0n) is 12.4. The van der Waals surface area contributed by atoms with Crippen LogP contribution < -0.4 is 4.74 Å². The number of rotatable bonds is 4. The maximum atomic E-state index is 13.1.